The Balaban J connectivity index is 0.00000240. The minimum absolute atomic E-state index is 0. The van der Waals surface area contributed by atoms with E-state index >= 15 is 0 Å². The molecule has 9 heteroatoms. The molecule has 2 aromatic carbocycles. The van der Waals surface area contributed by atoms with Crippen LogP contribution >= 0.6 is 0 Å². The number of hydrogen-bond acceptors (Lipinski definition) is 4. The van der Waals surface area contributed by atoms with Crippen LogP contribution in [0.4, 0.5) is 0 Å². The highest BCUT2D eigenvalue weighted by molar-refractivity contribution is 7.92. The van der Waals surface area contributed by atoms with Crippen molar-refractivity contribution >= 4 is 9.84 Å². The summed E-state index contributed by atoms with van der Waals surface area (Å²) in [5.74, 6) is 0. The molecule has 0 bridgehead atoms. The molecule has 1 aliphatic rings. The van der Waals surface area contributed by atoms with E-state index in [2.05, 4.69) is 0 Å². The molecule has 0 atom stereocenters. The van der Waals surface area contributed by atoms with Crippen LogP contribution in [0.25, 0.3) is 11.1 Å². The largest absolute Gasteiger partial charge is 1.00 e. The number of fused-ring (bicyclic) bond motifs is 3. The van der Waals surface area contributed by atoms with Gasteiger partial charge in [-0.15, -0.1) is 0 Å². The summed E-state index contributed by atoms with van der Waals surface area (Å²) in [5.41, 5.74) is 3.40. The van der Waals surface area contributed by atoms with E-state index in [1.807, 2.05) is 52.5 Å². The summed E-state index contributed by atoms with van der Waals surface area (Å²) in [5, 5.41) is 18.5. The average Bonchev–Trinajstić information content (AvgIpc) is 2.81. The summed E-state index contributed by atoms with van der Waals surface area (Å²) < 4.78 is 27.7. The minimum Gasteiger partial charge on any atom is -1.00 e. The molecule has 0 radical (unpaired) electrons. The van der Waals surface area contributed by atoms with Crippen molar-refractivity contribution in [2.75, 3.05) is 54.5 Å². The van der Waals surface area contributed by atoms with E-state index in [-0.39, 0.29) is 38.0 Å². The zero-order valence-corrected chi connectivity index (χ0v) is 20.8. The molecule has 0 aromatic heterocycles. The van der Waals surface area contributed by atoms with Gasteiger partial charge in [0.1, 0.15) is 26.2 Å². The molecule has 0 saturated carbocycles. The molecule has 2 N–H and O–H groups in total. The number of aliphatic hydroxyl groups is 2. The molecule has 1 heterocycles. The van der Waals surface area contributed by atoms with Crippen molar-refractivity contribution in [1.29, 1.82) is 0 Å². The van der Waals surface area contributed by atoms with Gasteiger partial charge in [0.05, 0.1) is 51.2 Å². The van der Waals surface area contributed by atoms with Crippen LogP contribution in [-0.2, 0) is 22.9 Å². The zero-order valence-electron chi connectivity index (χ0n) is 18.5. The number of halogens is 2. The van der Waals surface area contributed by atoms with Gasteiger partial charge in [0.2, 0.25) is 9.84 Å². The monoisotopic (exact) mass is 490 g/mol. The second kappa shape index (κ2) is 10.2. The van der Waals surface area contributed by atoms with Gasteiger partial charge in [-0.3, -0.25) is 0 Å². The Morgan fingerprint density at radius 1 is 0.710 bits per heavy atom. The van der Waals surface area contributed by atoms with Gasteiger partial charge in [-0.25, -0.2) is 8.42 Å². The average molecular weight is 491 g/mol. The van der Waals surface area contributed by atoms with E-state index in [9.17, 15) is 18.6 Å². The highest BCUT2D eigenvalue weighted by atomic mass is 35.5. The number of hydrogen-bond donors (Lipinski definition) is 2. The maximum Gasteiger partial charge on any atom is 0.207 e. The van der Waals surface area contributed by atoms with Crippen molar-refractivity contribution < 1.29 is 52.4 Å². The van der Waals surface area contributed by atoms with Gasteiger partial charge in [-0.05, 0) is 12.1 Å². The van der Waals surface area contributed by atoms with E-state index in [4.69, 9.17) is 0 Å². The summed E-state index contributed by atoms with van der Waals surface area (Å²) in [7, 11) is 4.52. The van der Waals surface area contributed by atoms with E-state index in [0.29, 0.717) is 44.9 Å². The van der Waals surface area contributed by atoms with Crippen LogP contribution < -0.4 is 24.8 Å². The van der Waals surface area contributed by atoms with Crippen molar-refractivity contribution in [3.63, 3.8) is 0 Å². The van der Waals surface area contributed by atoms with Crippen molar-refractivity contribution in [3.8, 4) is 11.1 Å². The number of nitrogens with zero attached hydrogens (tertiary/aromatic N) is 2. The van der Waals surface area contributed by atoms with Crippen molar-refractivity contribution in [1.82, 2.24) is 0 Å². The standard InChI is InChI=1S/C22H32N2O4S.2ClH/c1-23(2,9-11-25)15-17-5-7-19-20-8-6-18(16-24(3,4)10-12-26)14-22(20)29(27,28)21(19)13-17;;/h5-8,13-14,25-26H,9-12,15-16H2,1-4H3;2*1H/q+2;;/p-2. The van der Waals surface area contributed by atoms with Gasteiger partial charge < -0.3 is 44.0 Å². The molecule has 1 aliphatic heterocycles. The third-order valence-electron chi connectivity index (χ3n) is 5.59. The molecule has 0 unspecified atom stereocenters. The quantitative estimate of drug-likeness (QED) is 0.313. The van der Waals surface area contributed by atoms with Crippen LogP contribution in [0.15, 0.2) is 46.2 Å². The minimum atomic E-state index is -3.56. The number of benzene rings is 2. The topological polar surface area (TPSA) is 74.6 Å². The fourth-order valence-corrected chi connectivity index (χ4v) is 5.81. The first-order valence-corrected chi connectivity index (χ1v) is 11.3. The molecular formula is C22H32Cl2N2O4S. The number of rotatable bonds is 8. The molecule has 174 valence electrons. The molecule has 0 fully saturated rings. The second-order valence-corrected chi connectivity index (χ2v) is 11.1. The molecule has 31 heavy (non-hydrogen) atoms. The van der Waals surface area contributed by atoms with E-state index in [1.54, 1.807) is 12.1 Å². The Bertz CT molecular complexity index is 949. The van der Waals surface area contributed by atoms with Crippen LogP contribution in [0.1, 0.15) is 11.1 Å². The zero-order chi connectivity index (χ0) is 21.4. The Hall–Kier alpha value is -1.19. The van der Waals surface area contributed by atoms with Gasteiger partial charge in [0.15, 0.2) is 0 Å². The molecule has 0 aliphatic carbocycles. The summed E-state index contributed by atoms with van der Waals surface area (Å²) in [6, 6.07) is 11.3. The maximum absolute atomic E-state index is 13.3. The van der Waals surface area contributed by atoms with Crippen molar-refractivity contribution in [2.45, 2.75) is 22.9 Å². The predicted octanol–water partition coefficient (Wildman–Crippen LogP) is -4.35. The van der Waals surface area contributed by atoms with Crippen LogP contribution in [0, 0.1) is 0 Å². The van der Waals surface area contributed by atoms with Gasteiger partial charge >= 0.3 is 0 Å². The van der Waals surface area contributed by atoms with E-state index in [0.717, 1.165) is 22.3 Å². The summed E-state index contributed by atoms with van der Waals surface area (Å²) in [4.78, 5) is 0.741. The van der Waals surface area contributed by atoms with Gasteiger partial charge in [-0.1, -0.05) is 24.3 Å². The van der Waals surface area contributed by atoms with E-state index in [1.165, 1.54) is 0 Å². The van der Waals surface area contributed by atoms with Crippen molar-refractivity contribution in [2.24, 2.45) is 0 Å². The lowest BCUT2D eigenvalue weighted by Gasteiger charge is -2.29. The lowest BCUT2D eigenvalue weighted by Crippen LogP contribution is -3.00. The molecule has 0 saturated heterocycles. The lowest BCUT2D eigenvalue weighted by molar-refractivity contribution is -0.903. The van der Waals surface area contributed by atoms with Crippen LogP contribution in [0.3, 0.4) is 0 Å². The Morgan fingerprint density at radius 2 is 1.06 bits per heavy atom. The SMILES string of the molecule is C[N+](C)(CCO)Cc1ccc2c(c1)S(=O)(=O)c1cc(C[N+](C)(C)CCO)ccc1-2.[Cl-].[Cl-]. The van der Waals surface area contributed by atoms with Crippen LogP contribution in [0.5, 0.6) is 0 Å². The fourth-order valence-electron chi connectivity index (χ4n) is 4.03. The first-order valence-electron chi connectivity index (χ1n) is 9.86. The Morgan fingerprint density at radius 3 is 1.39 bits per heavy atom. The fraction of sp³-hybridized carbons (Fsp3) is 0.455. The lowest BCUT2D eigenvalue weighted by atomic mass is 10.0. The third-order valence-corrected chi connectivity index (χ3v) is 7.43. The van der Waals surface area contributed by atoms with Crippen molar-refractivity contribution in [3.05, 3.63) is 47.5 Å². The maximum atomic E-state index is 13.3. The highest BCUT2D eigenvalue weighted by Crippen LogP contribution is 2.44. The smallest absolute Gasteiger partial charge is 0.207 e. The number of likely N-dealkylation sites (N-methyl/N-ethyl adjacent to an activating group) is 2. The number of quaternary nitrogens is 2. The molecule has 2 aromatic rings. The van der Waals surface area contributed by atoms with Crippen LogP contribution in [-0.4, -0.2) is 82.1 Å². The van der Waals surface area contributed by atoms with Gasteiger partial charge in [-0.2, -0.15) is 0 Å². The Labute approximate surface area is 198 Å². The summed E-state index contributed by atoms with van der Waals surface area (Å²) in [6.07, 6.45) is 0. The second-order valence-electron chi connectivity index (χ2n) is 9.25. The summed E-state index contributed by atoms with van der Waals surface area (Å²) in [6.45, 7) is 2.70. The molecule has 0 spiro atoms. The normalized spacial score (nSPS) is 14.3. The summed E-state index contributed by atoms with van der Waals surface area (Å²) >= 11 is 0. The highest BCUT2D eigenvalue weighted by Gasteiger charge is 2.34. The number of sulfone groups is 1. The molecule has 6 nitrogen and oxygen atoms in total. The number of aliphatic hydroxyl groups excluding tert-OH is 2. The van der Waals surface area contributed by atoms with Gasteiger partial charge in [0.25, 0.3) is 0 Å². The molecule has 3 rings (SSSR count). The molecular weight excluding hydrogens is 459 g/mol. The first-order chi connectivity index (χ1) is 13.5. The third kappa shape index (κ3) is 5.99. The predicted molar refractivity (Wildman–Crippen MR) is 113 cm³/mol. The van der Waals surface area contributed by atoms with Gasteiger partial charge in [0, 0.05) is 22.3 Å². The van der Waals surface area contributed by atoms with E-state index < -0.39 is 9.84 Å². The molecule has 0 amide bonds. The van der Waals surface area contributed by atoms with Crippen LogP contribution in [0.2, 0.25) is 0 Å². The Kier molecular flexibility index (Phi) is 9.13. The first kappa shape index (κ1) is 27.8.